The van der Waals surface area contributed by atoms with Crippen molar-refractivity contribution in [3.8, 4) is 0 Å². The van der Waals surface area contributed by atoms with E-state index in [1.54, 1.807) is 23.3 Å². The predicted octanol–water partition coefficient (Wildman–Crippen LogP) is 3.60. The average molecular weight is 536 g/mol. The second kappa shape index (κ2) is 11.4. The minimum atomic E-state index is 0. The maximum atomic E-state index is 5.34. The highest BCUT2D eigenvalue weighted by Crippen LogP contribution is 2.23. The lowest BCUT2D eigenvalue weighted by molar-refractivity contribution is 0.119. The number of nitrogens with zero attached hydrogens (tertiary/aromatic N) is 4. The number of rotatable bonds is 7. The van der Waals surface area contributed by atoms with Gasteiger partial charge in [-0.05, 0) is 30.4 Å². The van der Waals surface area contributed by atoms with Crippen LogP contribution in [0.1, 0.15) is 34.2 Å². The molecular weight excluding hydrogens is 505 g/mol. The maximum absolute atomic E-state index is 5.34. The molecule has 1 unspecified atom stereocenters. The molecule has 0 spiro atoms. The normalized spacial score (nSPS) is 15.6. The Morgan fingerprint density at radius 1 is 1.46 bits per heavy atom. The molecule has 6 nitrogen and oxygen atoms in total. The lowest BCUT2D eigenvalue weighted by Crippen LogP contribution is -2.43. The molecule has 0 fully saturated rings. The Labute approximate surface area is 193 Å². The van der Waals surface area contributed by atoms with Crippen LogP contribution < -0.4 is 5.32 Å². The molecular formula is C19H30IN5OS2. The van der Waals surface area contributed by atoms with Crippen molar-refractivity contribution < 1.29 is 4.74 Å². The molecule has 1 aliphatic rings. The number of fused-ring (bicyclic) bond motifs is 1. The molecule has 0 saturated carbocycles. The molecule has 0 amide bonds. The lowest BCUT2D eigenvalue weighted by atomic mass is 10.1. The van der Waals surface area contributed by atoms with Crippen molar-refractivity contribution in [3.05, 3.63) is 38.0 Å². The zero-order valence-corrected chi connectivity index (χ0v) is 20.9. The highest BCUT2D eigenvalue weighted by atomic mass is 127. The molecule has 3 heterocycles. The standard InChI is InChI=1S/C19H29N5OS2.HI/c1-14(25-4)18-22-16(13-27-18)12-23(3)19(20-2)21-7-9-24-8-5-17-15(11-24)6-10-26-17;/h6,10,13-14H,5,7-9,11-12H2,1-4H3,(H,20,21);1H. The second-order valence-electron chi connectivity index (χ2n) is 6.78. The van der Waals surface area contributed by atoms with Gasteiger partial charge in [0.05, 0.1) is 12.2 Å². The minimum absolute atomic E-state index is 0. The van der Waals surface area contributed by atoms with E-state index in [-0.39, 0.29) is 30.1 Å². The van der Waals surface area contributed by atoms with Crippen molar-refractivity contribution in [2.45, 2.75) is 32.5 Å². The van der Waals surface area contributed by atoms with Crippen molar-refractivity contribution in [1.82, 2.24) is 20.1 Å². The molecule has 156 valence electrons. The first-order chi connectivity index (χ1) is 13.1. The Morgan fingerprint density at radius 3 is 3.04 bits per heavy atom. The zero-order valence-electron chi connectivity index (χ0n) is 17.0. The molecule has 3 rings (SSSR count). The summed E-state index contributed by atoms with van der Waals surface area (Å²) < 4.78 is 5.34. The van der Waals surface area contributed by atoms with Gasteiger partial charge in [-0.1, -0.05) is 0 Å². The van der Waals surface area contributed by atoms with E-state index in [9.17, 15) is 0 Å². The molecule has 1 atom stereocenters. The molecule has 0 radical (unpaired) electrons. The minimum Gasteiger partial charge on any atom is -0.375 e. The van der Waals surface area contributed by atoms with Crippen LogP contribution in [0.2, 0.25) is 0 Å². The fourth-order valence-corrected chi connectivity index (χ4v) is 4.94. The zero-order chi connectivity index (χ0) is 19.2. The summed E-state index contributed by atoms with van der Waals surface area (Å²) in [4.78, 5) is 15.3. The second-order valence-corrected chi connectivity index (χ2v) is 8.67. The van der Waals surface area contributed by atoms with Gasteiger partial charge in [-0.15, -0.1) is 46.7 Å². The Bertz CT molecular complexity index is 763. The van der Waals surface area contributed by atoms with Gasteiger partial charge in [0.15, 0.2) is 5.96 Å². The van der Waals surface area contributed by atoms with Crippen LogP contribution >= 0.6 is 46.7 Å². The van der Waals surface area contributed by atoms with E-state index in [2.05, 4.69) is 41.9 Å². The van der Waals surface area contributed by atoms with Crippen LogP contribution in [0.15, 0.2) is 21.8 Å². The van der Waals surface area contributed by atoms with Crippen LogP contribution in [0, 0.1) is 0 Å². The number of methoxy groups -OCH3 is 1. The number of nitrogens with one attached hydrogen (secondary N) is 1. The van der Waals surface area contributed by atoms with E-state index in [4.69, 9.17) is 4.74 Å². The Balaban J connectivity index is 0.00000280. The van der Waals surface area contributed by atoms with Crippen LogP contribution in [-0.2, 0) is 24.2 Å². The van der Waals surface area contributed by atoms with Crippen LogP contribution in [0.3, 0.4) is 0 Å². The van der Waals surface area contributed by atoms with Gasteiger partial charge in [-0.2, -0.15) is 0 Å². The summed E-state index contributed by atoms with van der Waals surface area (Å²) in [5.41, 5.74) is 2.54. The lowest BCUT2D eigenvalue weighted by Gasteiger charge is -2.28. The van der Waals surface area contributed by atoms with Crippen molar-refractivity contribution in [2.24, 2.45) is 4.99 Å². The van der Waals surface area contributed by atoms with Crippen LogP contribution in [-0.4, -0.2) is 61.6 Å². The molecule has 0 aliphatic carbocycles. The van der Waals surface area contributed by atoms with E-state index in [0.29, 0.717) is 0 Å². The van der Waals surface area contributed by atoms with Crippen molar-refractivity contribution in [1.29, 1.82) is 0 Å². The maximum Gasteiger partial charge on any atom is 0.193 e. The third-order valence-electron chi connectivity index (χ3n) is 4.84. The van der Waals surface area contributed by atoms with E-state index in [0.717, 1.165) is 49.4 Å². The summed E-state index contributed by atoms with van der Waals surface area (Å²) >= 11 is 3.53. The third kappa shape index (κ3) is 6.12. The largest absolute Gasteiger partial charge is 0.375 e. The molecule has 2 aromatic rings. The number of aliphatic imine (C=N–C) groups is 1. The van der Waals surface area contributed by atoms with Gasteiger partial charge in [0.1, 0.15) is 11.1 Å². The molecule has 0 aromatic carbocycles. The van der Waals surface area contributed by atoms with Gasteiger partial charge in [-0.25, -0.2) is 4.98 Å². The number of thiazole rings is 1. The summed E-state index contributed by atoms with van der Waals surface area (Å²) in [7, 11) is 5.59. The monoisotopic (exact) mass is 535 g/mol. The molecule has 28 heavy (non-hydrogen) atoms. The van der Waals surface area contributed by atoms with Crippen molar-refractivity contribution in [3.63, 3.8) is 0 Å². The van der Waals surface area contributed by atoms with Crippen LogP contribution in [0.4, 0.5) is 0 Å². The molecule has 0 bridgehead atoms. The first-order valence-corrected chi connectivity index (χ1v) is 11.0. The quantitative estimate of drug-likeness (QED) is 0.334. The Hall–Kier alpha value is -0.750. The van der Waals surface area contributed by atoms with E-state index in [1.807, 2.05) is 32.4 Å². The fraction of sp³-hybridized carbons (Fsp3) is 0.579. The topological polar surface area (TPSA) is 53.0 Å². The summed E-state index contributed by atoms with van der Waals surface area (Å²) in [6.07, 6.45) is 1.22. The third-order valence-corrected chi connectivity index (χ3v) is 6.92. The van der Waals surface area contributed by atoms with Gasteiger partial charge >= 0.3 is 0 Å². The summed E-state index contributed by atoms with van der Waals surface area (Å²) in [6, 6.07) is 2.26. The van der Waals surface area contributed by atoms with Gasteiger partial charge in [0, 0.05) is 57.6 Å². The van der Waals surface area contributed by atoms with Crippen LogP contribution in [0.5, 0.6) is 0 Å². The first-order valence-electron chi connectivity index (χ1n) is 9.27. The smallest absolute Gasteiger partial charge is 0.193 e. The Kier molecular flexibility index (Phi) is 9.61. The number of guanidine groups is 1. The van der Waals surface area contributed by atoms with E-state index >= 15 is 0 Å². The number of thiophene rings is 1. The summed E-state index contributed by atoms with van der Waals surface area (Å²) in [6.45, 7) is 6.87. The molecule has 9 heteroatoms. The molecule has 0 saturated heterocycles. The predicted molar refractivity (Wildman–Crippen MR) is 129 cm³/mol. The summed E-state index contributed by atoms with van der Waals surface area (Å²) in [5.74, 6) is 0.901. The number of hydrogen-bond acceptors (Lipinski definition) is 6. The van der Waals surface area contributed by atoms with Gasteiger partial charge in [0.2, 0.25) is 0 Å². The molecule has 1 aliphatic heterocycles. The number of halogens is 1. The number of hydrogen-bond donors (Lipinski definition) is 1. The summed E-state index contributed by atoms with van der Waals surface area (Å²) in [5, 5.41) is 8.81. The van der Waals surface area contributed by atoms with Gasteiger partial charge in [-0.3, -0.25) is 9.89 Å². The van der Waals surface area contributed by atoms with Crippen molar-refractivity contribution in [2.75, 3.05) is 40.8 Å². The molecule has 2 aromatic heterocycles. The van der Waals surface area contributed by atoms with E-state index < -0.39 is 0 Å². The first kappa shape index (κ1) is 23.5. The van der Waals surface area contributed by atoms with Gasteiger partial charge < -0.3 is 15.0 Å². The van der Waals surface area contributed by atoms with E-state index in [1.165, 1.54) is 12.0 Å². The Morgan fingerprint density at radius 2 is 2.29 bits per heavy atom. The number of aromatic nitrogens is 1. The average Bonchev–Trinajstić information content (AvgIpc) is 3.33. The number of ether oxygens (including phenoxy) is 1. The molecule has 1 N–H and O–H groups in total. The highest BCUT2D eigenvalue weighted by molar-refractivity contribution is 14.0. The van der Waals surface area contributed by atoms with Crippen molar-refractivity contribution >= 4 is 52.6 Å². The highest BCUT2D eigenvalue weighted by Gasteiger charge is 2.17. The van der Waals surface area contributed by atoms with Crippen LogP contribution in [0.25, 0.3) is 0 Å². The SMILES string of the molecule is CN=C(NCCN1CCc2sccc2C1)N(C)Cc1csc(C(C)OC)n1.I. The fourth-order valence-electron chi connectivity index (χ4n) is 3.21. The van der Waals surface area contributed by atoms with Gasteiger partial charge in [0.25, 0.3) is 0 Å².